The molecule has 11 nitrogen and oxygen atoms in total. The third-order valence-corrected chi connectivity index (χ3v) is 7.70. The summed E-state index contributed by atoms with van der Waals surface area (Å²) in [7, 11) is -2.02. The number of aromatic nitrogens is 2. The molecule has 5 rings (SSSR count). The van der Waals surface area contributed by atoms with Gasteiger partial charge in [-0.1, -0.05) is 6.07 Å². The van der Waals surface area contributed by atoms with Gasteiger partial charge in [0.25, 0.3) is 11.8 Å². The number of fused-ring (bicyclic) bond motifs is 3. The Labute approximate surface area is 209 Å². The number of piperazine rings is 1. The molecule has 0 bridgehead atoms. The number of primary sulfonamides is 1. The average Bonchev–Trinajstić information content (AvgIpc) is 3.23. The van der Waals surface area contributed by atoms with E-state index in [0.29, 0.717) is 24.4 Å². The highest BCUT2D eigenvalue weighted by Gasteiger charge is 2.26. The molecule has 0 unspecified atom stereocenters. The van der Waals surface area contributed by atoms with Crippen LogP contribution >= 0.6 is 0 Å². The molecule has 0 aliphatic carbocycles. The molecule has 2 aliphatic rings. The summed E-state index contributed by atoms with van der Waals surface area (Å²) in [6.07, 6.45) is 0. The van der Waals surface area contributed by atoms with E-state index in [1.165, 1.54) is 6.07 Å². The van der Waals surface area contributed by atoms with Crippen molar-refractivity contribution in [1.29, 1.82) is 0 Å². The number of nitrogens with zero attached hydrogens (tertiary/aromatic N) is 4. The second kappa shape index (κ2) is 9.28. The normalized spacial score (nSPS) is 19.2. The van der Waals surface area contributed by atoms with Gasteiger partial charge in [-0.3, -0.25) is 14.5 Å². The minimum Gasteiger partial charge on any atom is -0.349 e. The smallest absolute Gasteiger partial charge is 0.274 e. The van der Waals surface area contributed by atoms with Crippen LogP contribution in [0.5, 0.6) is 0 Å². The maximum Gasteiger partial charge on any atom is 0.274 e. The molecule has 4 heterocycles. The zero-order chi connectivity index (χ0) is 25.6. The number of benzene rings is 1. The molecule has 1 aromatic carbocycles. The number of nitrogens with one attached hydrogen (secondary N) is 2. The zero-order valence-electron chi connectivity index (χ0n) is 20.2. The molecule has 12 heteroatoms. The molecule has 0 radical (unpaired) electrons. The predicted molar refractivity (Wildman–Crippen MR) is 135 cm³/mol. The Morgan fingerprint density at radius 3 is 2.64 bits per heavy atom. The van der Waals surface area contributed by atoms with Crippen LogP contribution < -0.4 is 15.8 Å². The Bertz CT molecular complexity index is 1460. The summed E-state index contributed by atoms with van der Waals surface area (Å²) in [5.74, 6) is -0.761. The van der Waals surface area contributed by atoms with E-state index in [0.717, 1.165) is 37.1 Å². The minimum absolute atomic E-state index is 0.0251. The van der Waals surface area contributed by atoms with E-state index in [2.05, 4.69) is 32.5 Å². The number of likely N-dealkylation sites (N-methyl/N-ethyl adjacent to an activating group) is 1. The highest BCUT2D eigenvalue weighted by atomic mass is 32.2. The van der Waals surface area contributed by atoms with Crippen LogP contribution in [0.2, 0.25) is 0 Å². The number of hydrogen-bond acceptors (Lipinski definition) is 7. The molecule has 0 saturated carbocycles. The lowest BCUT2D eigenvalue weighted by Gasteiger charge is -2.32. The fourth-order valence-electron chi connectivity index (χ4n) is 4.72. The first-order valence-electron chi connectivity index (χ1n) is 11.8. The van der Waals surface area contributed by atoms with E-state index in [9.17, 15) is 18.0 Å². The second-order valence-corrected chi connectivity index (χ2v) is 11.0. The van der Waals surface area contributed by atoms with E-state index in [4.69, 9.17) is 5.14 Å². The van der Waals surface area contributed by atoms with E-state index in [1.807, 2.05) is 11.5 Å². The van der Waals surface area contributed by atoms with Gasteiger partial charge in [-0.25, -0.2) is 18.5 Å². The number of amides is 2. The van der Waals surface area contributed by atoms with Gasteiger partial charge in [0, 0.05) is 44.7 Å². The summed E-state index contributed by atoms with van der Waals surface area (Å²) in [5, 5.41) is 11.7. The van der Waals surface area contributed by atoms with Crippen LogP contribution in [0, 0.1) is 0 Å². The fourth-order valence-corrected chi connectivity index (χ4v) is 5.46. The van der Waals surface area contributed by atoms with Crippen molar-refractivity contribution in [2.45, 2.75) is 24.4 Å². The lowest BCUT2D eigenvalue weighted by Crippen LogP contribution is -2.43. The van der Waals surface area contributed by atoms with Crippen LogP contribution in [0.1, 0.15) is 39.5 Å². The molecule has 36 heavy (non-hydrogen) atoms. The van der Waals surface area contributed by atoms with Gasteiger partial charge in [-0.15, -0.1) is 0 Å². The van der Waals surface area contributed by atoms with Gasteiger partial charge in [0.1, 0.15) is 21.9 Å². The number of nitrogens with two attached hydrogens (primary N) is 1. The molecule has 2 aliphatic heterocycles. The average molecular weight is 512 g/mol. The van der Waals surface area contributed by atoms with Crippen molar-refractivity contribution in [2.24, 2.45) is 5.14 Å². The molecule has 3 aromatic rings. The number of carbonyl (C=O) groups excluding carboxylic acids is 2. The Morgan fingerprint density at radius 2 is 1.92 bits per heavy atom. The van der Waals surface area contributed by atoms with E-state index in [1.54, 1.807) is 30.3 Å². The zero-order valence-corrected chi connectivity index (χ0v) is 21.0. The van der Waals surface area contributed by atoms with Gasteiger partial charge in [0.2, 0.25) is 10.0 Å². The molecule has 1 atom stereocenters. The summed E-state index contributed by atoms with van der Waals surface area (Å²) in [6.45, 7) is 6.68. The summed E-state index contributed by atoms with van der Waals surface area (Å²) >= 11 is 0. The Balaban J connectivity index is 1.42. The standard InChI is InChI=1S/C24H29N7O4S/c1-15-13-26-24(33)20-12-17-4-6-19(27-22(17)31(15)20)23(32)28-18-5-3-16(11-21(18)36(25,34)35)14-30-9-7-29(2)8-10-30/h3-6,11-12,15H,7-10,13-14H2,1-2H3,(H,26,33)(H,28,32)(H2,25,34,35)/t15-/m1/s1. The first-order valence-corrected chi connectivity index (χ1v) is 13.3. The molecular weight excluding hydrogens is 482 g/mol. The van der Waals surface area contributed by atoms with Gasteiger partial charge in [-0.2, -0.15) is 0 Å². The van der Waals surface area contributed by atoms with Gasteiger partial charge >= 0.3 is 0 Å². The van der Waals surface area contributed by atoms with Crippen LogP contribution in [0.25, 0.3) is 11.0 Å². The summed E-state index contributed by atoms with van der Waals surface area (Å²) in [6, 6.07) is 9.86. The lowest BCUT2D eigenvalue weighted by atomic mass is 10.1. The van der Waals surface area contributed by atoms with Gasteiger partial charge in [-0.05, 0) is 49.9 Å². The number of carbonyl (C=O) groups is 2. The molecule has 2 amide bonds. The van der Waals surface area contributed by atoms with Crippen LogP contribution in [0.4, 0.5) is 5.69 Å². The van der Waals surface area contributed by atoms with Crippen molar-refractivity contribution in [2.75, 3.05) is 45.1 Å². The number of hydrogen-bond donors (Lipinski definition) is 3. The third-order valence-electron chi connectivity index (χ3n) is 6.75. The van der Waals surface area contributed by atoms with Crippen molar-refractivity contribution in [3.63, 3.8) is 0 Å². The first kappa shape index (κ1) is 24.4. The molecule has 1 fully saturated rings. The lowest BCUT2D eigenvalue weighted by molar-refractivity contribution is 0.0918. The molecule has 2 aromatic heterocycles. The number of sulfonamides is 1. The van der Waals surface area contributed by atoms with Gasteiger partial charge < -0.3 is 20.1 Å². The van der Waals surface area contributed by atoms with Crippen LogP contribution in [0.3, 0.4) is 0 Å². The largest absolute Gasteiger partial charge is 0.349 e. The highest BCUT2D eigenvalue weighted by molar-refractivity contribution is 7.89. The molecule has 0 spiro atoms. The molecule has 4 N–H and O–H groups in total. The van der Waals surface area contributed by atoms with Crippen molar-refractivity contribution in [1.82, 2.24) is 24.7 Å². The van der Waals surface area contributed by atoms with Gasteiger partial charge in [0.05, 0.1) is 11.7 Å². The van der Waals surface area contributed by atoms with E-state index in [-0.39, 0.29) is 28.2 Å². The SMILES string of the molecule is C[C@@H]1CNC(=O)c2cc3ccc(C(=O)Nc4ccc(CN5CCN(C)CC5)cc4S(N)(=O)=O)nc3n21. The summed E-state index contributed by atoms with van der Waals surface area (Å²) in [4.78, 5) is 34.2. The van der Waals surface area contributed by atoms with Gasteiger partial charge in [0.15, 0.2) is 0 Å². The number of pyridine rings is 1. The highest BCUT2D eigenvalue weighted by Crippen LogP contribution is 2.27. The van der Waals surface area contributed by atoms with Crippen molar-refractivity contribution >= 4 is 38.6 Å². The minimum atomic E-state index is -4.10. The maximum atomic E-state index is 13.1. The Morgan fingerprint density at radius 1 is 1.17 bits per heavy atom. The van der Waals surface area contributed by atoms with Crippen LogP contribution in [-0.2, 0) is 16.6 Å². The van der Waals surface area contributed by atoms with Crippen molar-refractivity contribution < 1.29 is 18.0 Å². The van der Waals surface area contributed by atoms with Crippen LogP contribution in [-0.4, -0.2) is 79.4 Å². The summed E-state index contributed by atoms with van der Waals surface area (Å²) < 4.78 is 26.6. The van der Waals surface area contributed by atoms with Crippen molar-refractivity contribution in [3.8, 4) is 0 Å². The molecule has 1 saturated heterocycles. The number of anilines is 1. The number of rotatable bonds is 5. The second-order valence-electron chi connectivity index (χ2n) is 9.48. The van der Waals surface area contributed by atoms with Crippen LogP contribution in [0.15, 0.2) is 41.3 Å². The monoisotopic (exact) mass is 511 g/mol. The first-order chi connectivity index (χ1) is 17.1. The quantitative estimate of drug-likeness (QED) is 0.464. The predicted octanol–water partition coefficient (Wildman–Crippen LogP) is 0.988. The fraction of sp³-hybridized carbons (Fsp3) is 0.375. The summed E-state index contributed by atoms with van der Waals surface area (Å²) in [5.41, 5.74) is 2.00. The molecule has 190 valence electrons. The molecular formula is C24H29N7O4S. The Hall–Kier alpha value is -3.32. The maximum absolute atomic E-state index is 13.1. The Kier molecular flexibility index (Phi) is 6.29. The third kappa shape index (κ3) is 4.72. The van der Waals surface area contributed by atoms with E-state index < -0.39 is 15.9 Å². The van der Waals surface area contributed by atoms with E-state index >= 15 is 0 Å². The topological polar surface area (TPSA) is 143 Å². The van der Waals surface area contributed by atoms with Crippen molar-refractivity contribution in [3.05, 3.63) is 53.3 Å².